The molecule has 1 aliphatic rings. The summed E-state index contributed by atoms with van der Waals surface area (Å²) in [5.41, 5.74) is 0.540. The van der Waals surface area contributed by atoms with Gasteiger partial charge in [0.05, 0.1) is 9.83 Å². The maximum atomic E-state index is 12.2. The molecular weight excluding hydrogens is 384 g/mol. The maximum absolute atomic E-state index is 12.2. The first-order chi connectivity index (χ1) is 12.3. The molecule has 1 aromatic rings. The Bertz CT molecular complexity index is 819. The number of benzene rings is 1. The molecule has 0 atom stereocenters. The number of halogens is 1. The lowest BCUT2D eigenvalue weighted by Gasteiger charge is -2.10. The molecular formula is C16H13ClN2O6S. The fourth-order valence-corrected chi connectivity index (χ4v) is 3.26. The van der Waals surface area contributed by atoms with E-state index in [-0.39, 0.29) is 35.0 Å². The van der Waals surface area contributed by atoms with Crippen LogP contribution in [-0.2, 0) is 9.59 Å². The zero-order valence-corrected chi connectivity index (χ0v) is 14.8. The molecule has 0 spiro atoms. The standard InChI is InChI=1S/C16H13ClN2O6S/c17-11(8-10-3-5-12(6-4-10)19(24)25)9-13-15(22)18(16(23)26-13)7-1-2-14(20)21/h3-6,8-9H,1-2,7H2,(H,20,21)/b11-8-,13-9-. The lowest BCUT2D eigenvalue weighted by Crippen LogP contribution is -2.29. The number of carboxylic acid groups (broad SMARTS) is 1. The third kappa shape index (κ3) is 5.17. The topological polar surface area (TPSA) is 118 Å². The molecule has 26 heavy (non-hydrogen) atoms. The number of hydrogen-bond acceptors (Lipinski definition) is 6. The highest BCUT2D eigenvalue weighted by Gasteiger charge is 2.34. The minimum atomic E-state index is -0.999. The van der Waals surface area contributed by atoms with Crippen molar-refractivity contribution in [3.63, 3.8) is 0 Å². The van der Waals surface area contributed by atoms with E-state index in [1.807, 2.05) is 0 Å². The number of nitro groups is 1. The number of carbonyl (C=O) groups is 3. The maximum Gasteiger partial charge on any atom is 0.303 e. The Morgan fingerprint density at radius 3 is 2.54 bits per heavy atom. The van der Waals surface area contributed by atoms with Gasteiger partial charge in [-0.3, -0.25) is 29.4 Å². The summed E-state index contributed by atoms with van der Waals surface area (Å²) in [5.74, 6) is -1.53. The van der Waals surface area contributed by atoms with Crippen molar-refractivity contribution >= 4 is 52.2 Å². The first-order valence-corrected chi connectivity index (χ1v) is 8.56. The van der Waals surface area contributed by atoms with Crippen molar-refractivity contribution in [1.29, 1.82) is 0 Å². The van der Waals surface area contributed by atoms with Crippen LogP contribution in [0.2, 0.25) is 0 Å². The van der Waals surface area contributed by atoms with Gasteiger partial charge in [0.15, 0.2) is 0 Å². The molecule has 2 rings (SSSR count). The van der Waals surface area contributed by atoms with Gasteiger partial charge in [-0.05, 0) is 48.0 Å². The summed E-state index contributed by atoms with van der Waals surface area (Å²) in [7, 11) is 0. The predicted octanol–water partition coefficient (Wildman–Crippen LogP) is 3.62. The number of aliphatic carboxylic acids is 1. The molecule has 1 aromatic carbocycles. The molecule has 10 heteroatoms. The predicted molar refractivity (Wildman–Crippen MR) is 96.6 cm³/mol. The summed E-state index contributed by atoms with van der Waals surface area (Å²) >= 11 is 6.80. The van der Waals surface area contributed by atoms with Crippen molar-refractivity contribution in [3.05, 3.63) is 56.0 Å². The van der Waals surface area contributed by atoms with Gasteiger partial charge >= 0.3 is 5.97 Å². The van der Waals surface area contributed by atoms with E-state index >= 15 is 0 Å². The molecule has 0 bridgehead atoms. The summed E-state index contributed by atoms with van der Waals surface area (Å²) < 4.78 is 0. The van der Waals surface area contributed by atoms with Crippen molar-refractivity contribution in [2.75, 3.05) is 6.54 Å². The molecule has 0 unspecified atom stereocenters. The number of non-ortho nitro benzene ring substituents is 1. The van der Waals surface area contributed by atoms with Crippen molar-refractivity contribution in [2.45, 2.75) is 12.8 Å². The Balaban J connectivity index is 2.08. The van der Waals surface area contributed by atoms with E-state index in [9.17, 15) is 24.5 Å². The van der Waals surface area contributed by atoms with E-state index in [2.05, 4.69) is 0 Å². The van der Waals surface area contributed by atoms with Gasteiger partial charge in [-0.2, -0.15) is 0 Å². The number of thioether (sulfide) groups is 1. The third-order valence-corrected chi connectivity index (χ3v) is 4.45. The number of carboxylic acids is 1. The lowest BCUT2D eigenvalue weighted by atomic mass is 10.2. The van der Waals surface area contributed by atoms with E-state index in [1.54, 1.807) is 0 Å². The third-order valence-electron chi connectivity index (χ3n) is 3.32. The average molecular weight is 397 g/mol. The van der Waals surface area contributed by atoms with Crippen LogP contribution in [0.15, 0.2) is 40.3 Å². The Hall–Kier alpha value is -2.65. The summed E-state index contributed by atoms with van der Waals surface area (Å²) in [6, 6.07) is 5.66. The molecule has 1 fully saturated rings. The minimum absolute atomic E-state index is 0.0258. The molecule has 136 valence electrons. The van der Waals surface area contributed by atoms with E-state index in [0.29, 0.717) is 5.56 Å². The zero-order chi connectivity index (χ0) is 19.3. The SMILES string of the molecule is O=C(O)CCCN1C(=O)S/C(=C\C(Cl)=C\c2ccc([N+](=O)[O-])cc2)C1=O. The van der Waals surface area contributed by atoms with Crippen LogP contribution in [0.5, 0.6) is 0 Å². The van der Waals surface area contributed by atoms with Gasteiger partial charge < -0.3 is 5.11 Å². The Labute approximate surface area is 157 Å². The molecule has 0 radical (unpaired) electrons. The first kappa shape index (κ1) is 19.7. The number of imide groups is 1. The average Bonchev–Trinajstić information content (AvgIpc) is 2.82. The fraction of sp³-hybridized carbons (Fsp3) is 0.188. The molecule has 0 aromatic heterocycles. The number of nitrogens with zero attached hydrogens (tertiary/aromatic N) is 2. The van der Waals surface area contributed by atoms with Gasteiger partial charge in [-0.15, -0.1) is 0 Å². The monoisotopic (exact) mass is 396 g/mol. The van der Waals surface area contributed by atoms with E-state index in [0.717, 1.165) is 16.7 Å². The summed E-state index contributed by atoms with van der Waals surface area (Å²) in [6.07, 6.45) is 2.88. The molecule has 0 saturated carbocycles. The van der Waals surface area contributed by atoms with Crippen LogP contribution in [-0.4, -0.2) is 38.6 Å². The number of rotatable bonds is 7. The summed E-state index contributed by atoms with van der Waals surface area (Å²) in [6.45, 7) is 0.0258. The minimum Gasteiger partial charge on any atom is -0.481 e. The van der Waals surface area contributed by atoms with Crippen LogP contribution < -0.4 is 0 Å². The van der Waals surface area contributed by atoms with Gasteiger partial charge in [-0.1, -0.05) is 11.6 Å². The van der Waals surface area contributed by atoms with Gasteiger partial charge in [-0.25, -0.2) is 0 Å². The van der Waals surface area contributed by atoms with Crippen LogP contribution in [0.25, 0.3) is 6.08 Å². The number of hydrogen-bond donors (Lipinski definition) is 1. The molecule has 1 heterocycles. The van der Waals surface area contributed by atoms with Gasteiger partial charge in [0.1, 0.15) is 0 Å². The second-order valence-electron chi connectivity index (χ2n) is 5.21. The van der Waals surface area contributed by atoms with Crippen LogP contribution in [0.4, 0.5) is 10.5 Å². The Morgan fingerprint density at radius 2 is 1.96 bits per heavy atom. The highest BCUT2D eigenvalue weighted by Crippen LogP contribution is 2.32. The molecule has 8 nitrogen and oxygen atoms in total. The summed E-state index contributed by atoms with van der Waals surface area (Å²) in [5, 5.41) is 18.9. The quantitative estimate of drug-likeness (QED) is 0.424. The van der Waals surface area contributed by atoms with Gasteiger partial charge in [0, 0.05) is 30.1 Å². The normalized spacial score (nSPS) is 16.4. The van der Waals surface area contributed by atoms with Crippen LogP contribution in [0.3, 0.4) is 0 Å². The Kier molecular flexibility index (Phi) is 6.53. The second kappa shape index (κ2) is 8.63. The molecule has 1 saturated heterocycles. The highest BCUT2D eigenvalue weighted by molar-refractivity contribution is 8.18. The van der Waals surface area contributed by atoms with Gasteiger partial charge in [0.2, 0.25) is 0 Å². The molecule has 1 aliphatic heterocycles. The number of nitro benzene ring substituents is 1. The van der Waals surface area contributed by atoms with Crippen molar-refractivity contribution in [3.8, 4) is 0 Å². The van der Waals surface area contributed by atoms with Crippen LogP contribution in [0, 0.1) is 10.1 Å². The first-order valence-electron chi connectivity index (χ1n) is 7.37. The highest BCUT2D eigenvalue weighted by atomic mass is 35.5. The van der Waals surface area contributed by atoms with Crippen LogP contribution in [0.1, 0.15) is 18.4 Å². The van der Waals surface area contributed by atoms with Crippen molar-refractivity contribution in [1.82, 2.24) is 4.90 Å². The molecule has 1 N–H and O–H groups in total. The van der Waals surface area contributed by atoms with Crippen molar-refractivity contribution < 1.29 is 24.4 Å². The number of allylic oxidation sites excluding steroid dienone is 2. The smallest absolute Gasteiger partial charge is 0.303 e. The zero-order valence-electron chi connectivity index (χ0n) is 13.3. The van der Waals surface area contributed by atoms with Gasteiger partial charge in [0.25, 0.3) is 16.8 Å². The number of carbonyl (C=O) groups excluding carboxylic acids is 2. The molecule has 0 aliphatic carbocycles. The van der Waals surface area contributed by atoms with Crippen LogP contribution >= 0.6 is 23.4 Å². The van der Waals surface area contributed by atoms with E-state index in [1.165, 1.54) is 36.4 Å². The largest absolute Gasteiger partial charge is 0.481 e. The van der Waals surface area contributed by atoms with E-state index < -0.39 is 22.0 Å². The van der Waals surface area contributed by atoms with Crippen molar-refractivity contribution in [2.24, 2.45) is 0 Å². The van der Waals surface area contributed by atoms with E-state index in [4.69, 9.17) is 16.7 Å². The summed E-state index contributed by atoms with van der Waals surface area (Å²) in [4.78, 5) is 45.8. The lowest BCUT2D eigenvalue weighted by molar-refractivity contribution is -0.384. The second-order valence-corrected chi connectivity index (χ2v) is 6.64. The number of amides is 2. The Morgan fingerprint density at radius 1 is 1.31 bits per heavy atom. The molecule has 2 amide bonds. The fourth-order valence-electron chi connectivity index (χ4n) is 2.10.